The molecule has 2 atom stereocenters. The number of hydrogen-bond donors (Lipinski definition) is 6. The van der Waals surface area contributed by atoms with Crippen LogP contribution in [0.1, 0.15) is 53.1 Å². The average molecular weight is 892 g/mol. The number of anilines is 2. The molecule has 0 aliphatic heterocycles. The van der Waals surface area contributed by atoms with Crippen LogP contribution in [-0.2, 0) is 37.5 Å². The maximum Gasteiger partial charge on any atom is 0.416 e. The number of unbranched alkanes of at least 4 members (excludes halogenated alkanes) is 1. The fourth-order valence-corrected chi connectivity index (χ4v) is 5.87. The van der Waals surface area contributed by atoms with Gasteiger partial charge in [-0.1, -0.05) is 74.0 Å². The van der Waals surface area contributed by atoms with Crippen LogP contribution in [0.5, 0.6) is 0 Å². The second-order valence-electron chi connectivity index (χ2n) is 13.9. The van der Waals surface area contributed by atoms with Gasteiger partial charge in [-0.2, -0.15) is 52.7 Å². The van der Waals surface area contributed by atoms with Crippen LogP contribution in [-0.4, -0.2) is 49.7 Å². The number of carbonyl (C=O) groups is 2. The van der Waals surface area contributed by atoms with Crippen molar-refractivity contribution in [1.29, 1.82) is 0 Å². The van der Waals surface area contributed by atoms with E-state index < -0.39 is 82.5 Å². The van der Waals surface area contributed by atoms with E-state index >= 15 is 0 Å². The predicted octanol–water partition coefficient (Wildman–Crippen LogP) is 10.3. The van der Waals surface area contributed by atoms with Gasteiger partial charge in [0.25, 0.3) is 0 Å². The first kappa shape index (κ1) is 48.5. The van der Waals surface area contributed by atoms with Gasteiger partial charge in [0.1, 0.15) is 0 Å². The first-order valence-corrected chi connectivity index (χ1v) is 18.8. The Bertz CT molecular complexity index is 2040. The molecule has 0 aliphatic rings. The van der Waals surface area contributed by atoms with Crippen molar-refractivity contribution >= 4 is 29.4 Å². The van der Waals surface area contributed by atoms with E-state index in [4.69, 9.17) is 0 Å². The van der Waals surface area contributed by atoms with Crippen molar-refractivity contribution in [2.75, 3.05) is 30.3 Å². The summed E-state index contributed by atoms with van der Waals surface area (Å²) < 4.78 is 162. The fraction of sp³-hybridized carbons (Fsp3) is 0.341. The molecular formula is C41H41F12N7O2. The molecule has 4 rings (SSSR count). The Morgan fingerprint density at radius 1 is 0.548 bits per heavy atom. The van der Waals surface area contributed by atoms with E-state index in [2.05, 4.69) is 31.6 Å². The predicted molar refractivity (Wildman–Crippen MR) is 208 cm³/mol. The van der Waals surface area contributed by atoms with Crippen LogP contribution in [0.15, 0.2) is 102 Å². The number of benzene rings is 4. The standard InChI is InChI=1S/C41H41F12N7O2/c1-2-3-14-54-35(55-23-33(15-25-10-6-4-7-11-25)59-36(61)57-31-19-27(38(42,43)44)17-28(20-31)39(45,46)47)56-24-34(16-26-12-8-5-9-13-26)60-37(62)58-32-21-29(40(48,49)50)18-30(22-32)41(51,52)53/h4-13,17-22,33-34H,2-3,14-16,23-24H2,1H3,(H2,54,55,56)(H2,57,59,61)(H2,58,60,62)/t33-,34-/m0/s1. The average Bonchev–Trinajstić information content (AvgIpc) is 3.17. The number of rotatable bonds is 15. The smallest absolute Gasteiger partial charge is 0.356 e. The van der Waals surface area contributed by atoms with Crippen molar-refractivity contribution in [3.8, 4) is 0 Å². The molecule has 336 valence electrons. The quantitative estimate of drug-likeness (QED) is 0.0308. The number of amides is 4. The third-order valence-corrected chi connectivity index (χ3v) is 8.82. The lowest BCUT2D eigenvalue weighted by atomic mass is 10.1. The van der Waals surface area contributed by atoms with Crippen LogP contribution in [0.2, 0.25) is 0 Å². The lowest BCUT2D eigenvalue weighted by molar-refractivity contribution is -0.144. The van der Waals surface area contributed by atoms with Gasteiger partial charge >= 0.3 is 36.8 Å². The number of nitrogens with one attached hydrogen (secondary N) is 6. The molecule has 0 bridgehead atoms. The molecule has 0 saturated heterocycles. The third kappa shape index (κ3) is 16.0. The molecule has 62 heavy (non-hydrogen) atoms. The van der Waals surface area contributed by atoms with Gasteiger partial charge in [-0.15, -0.1) is 0 Å². The van der Waals surface area contributed by atoms with E-state index in [9.17, 15) is 62.3 Å². The van der Waals surface area contributed by atoms with Crippen LogP contribution in [0.25, 0.3) is 0 Å². The van der Waals surface area contributed by atoms with Crippen molar-refractivity contribution in [3.05, 3.63) is 130 Å². The molecule has 0 saturated carbocycles. The summed E-state index contributed by atoms with van der Waals surface area (Å²) in [6, 6.07) is 14.4. The van der Waals surface area contributed by atoms with Crippen molar-refractivity contribution in [1.82, 2.24) is 21.3 Å². The Labute approximate surface area is 347 Å². The zero-order valence-corrected chi connectivity index (χ0v) is 32.6. The van der Waals surface area contributed by atoms with E-state index in [1.54, 1.807) is 60.7 Å². The first-order chi connectivity index (χ1) is 29.0. The van der Waals surface area contributed by atoms with Crippen LogP contribution < -0.4 is 31.9 Å². The van der Waals surface area contributed by atoms with E-state index in [0.29, 0.717) is 48.4 Å². The van der Waals surface area contributed by atoms with Gasteiger partial charge in [0.2, 0.25) is 0 Å². The molecule has 4 aromatic rings. The van der Waals surface area contributed by atoms with Crippen molar-refractivity contribution in [2.24, 2.45) is 4.99 Å². The van der Waals surface area contributed by atoms with Crippen LogP contribution in [0.3, 0.4) is 0 Å². The van der Waals surface area contributed by atoms with Gasteiger partial charge in [-0.05, 0) is 66.8 Å². The van der Waals surface area contributed by atoms with Gasteiger partial charge in [0, 0.05) is 24.5 Å². The summed E-state index contributed by atoms with van der Waals surface area (Å²) in [5.41, 5.74) is -6.70. The largest absolute Gasteiger partial charge is 0.416 e. The molecule has 4 aromatic carbocycles. The summed E-state index contributed by atoms with van der Waals surface area (Å²) in [5, 5.41) is 15.3. The first-order valence-electron chi connectivity index (χ1n) is 18.8. The summed E-state index contributed by atoms with van der Waals surface area (Å²) in [5.74, 6) is 0.124. The molecule has 4 amide bonds. The molecule has 0 radical (unpaired) electrons. The van der Waals surface area contributed by atoms with E-state index in [-0.39, 0.29) is 44.0 Å². The molecule has 21 heteroatoms. The highest BCUT2D eigenvalue weighted by atomic mass is 19.4. The Morgan fingerprint density at radius 3 is 1.32 bits per heavy atom. The summed E-state index contributed by atoms with van der Waals surface area (Å²) in [4.78, 5) is 30.8. The molecule has 6 N–H and O–H groups in total. The highest BCUT2D eigenvalue weighted by Crippen LogP contribution is 2.39. The monoisotopic (exact) mass is 891 g/mol. The Morgan fingerprint density at radius 2 is 0.935 bits per heavy atom. The van der Waals surface area contributed by atoms with Crippen molar-refractivity contribution in [3.63, 3.8) is 0 Å². The summed E-state index contributed by atoms with van der Waals surface area (Å²) in [7, 11) is 0. The van der Waals surface area contributed by atoms with Gasteiger partial charge in [0.15, 0.2) is 5.96 Å². The molecule has 0 aliphatic carbocycles. The molecule has 0 spiro atoms. The zero-order valence-electron chi connectivity index (χ0n) is 32.6. The number of carbonyl (C=O) groups excluding carboxylic acids is 2. The van der Waals surface area contributed by atoms with E-state index in [1.165, 1.54) is 0 Å². The van der Waals surface area contributed by atoms with Crippen molar-refractivity contribution in [2.45, 2.75) is 69.4 Å². The number of nitrogens with zero attached hydrogens (tertiary/aromatic N) is 1. The summed E-state index contributed by atoms with van der Waals surface area (Å²) in [6.45, 7) is 1.94. The molecule has 0 fully saturated rings. The number of alkyl halides is 12. The second kappa shape index (κ2) is 21.1. The number of hydrogen-bond acceptors (Lipinski definition) is 3. The highest BCUT2D eigenvalue weighted by Gasteiger charge is 2.38. The van der Waals surface area contributed by atoms with Crippen molar-refractivity contribution < 1.29 is 62.3 Å². The maximum absolute atomic E-state index is 13.5. The van der Waals surface area contributed by atoms with Crippen LogP contribution >= 0.6 is 0 Å². The molecular weight excluding hydrogens is 850 g/mol. The van der Waals surface area contributed by atoms with Crippen LogP contribution in [0.4, 0.5) is 73.6 Å². The Hall–Kier alpha value is -6.15. The lowest BCUT2D eigenvalue weighted by Crippen LogP contribution is -2.49. The summed E-state index contributed by atoms with van der Waals surface area (Å²) >= 11 is 0. The normalized spacial score (nSPS) is 13.5. The molecule has 0 unspecified atom stereocenters. The molecule has 9 nitrogen and oxygen atoms in total. The maximum atomic E-state index is 13.5. The van der Waals surface area contributed by atoms with Gasteiger partial charge in [0.05, 0.1) is 40.9 Å². The zero-order chi connectivity index (χ0) is 45.7. The minimum absolute atomic E-state index is 0.0760. The number of aliphatic imine (C=N–C) groups is 1. The van der Waals surface area contributed by atoms with E-state index in [1.807, 2.05) is 12.2 Å². The highest BCUT2D eigenvalue weighted by molar-refractivity contribution is 5.90. The summed E-state index contributed by atoms with van der Waals surface area (Å²) in [6.07, 6.45) is -19.0. The number of halogens is 12. The SMILES string of the molecule is CCCCNC(=NC[C@H](Cc1ccccc1)NC(=O)Nc1cc(C(F)(F)F)cc(C(F)(F)F)c1)NC[C@H](Cc1ccccc1)NC(=O)Nc1cc(C(F)(F)F)cc(C(F)(F)F)c1. The number of urea groups is 2. The van der Waals surface area contributed by atoms with E-state index in [0.717, 1.165) is 6.42 Å². The number of guanidine groups is 1. The Kier molecular flexibility index (Phi) is 16.5. The van der Waals surface area contributed by atoms with Crippen LogP contribution in [0, 0.1) is 0 Å². The van der Waals surface area contributed by atoms with Gasteiger partial charge in [-0.3, -0.25) is 4.99 Å². The van der Waals surface area contributed by atoms with Gasteiger partial charge in [-0.25, -0.2) is 9.59 Å². The molecule has 0 aromatic heterocycles. The topological polar surface area (TPSA) is 119 Å². The third-order valence-electron chi connectivity index (χ3n) is 8.82. The second-order valence-corrected chi connectivity index (χ2v) is 13.9. The van der Waals surface area contributed by atoms with Gasteiger partial charge < -0.3 is 31.9 Å². The lowest BCUT2D eigenvalue weighted by Gasteiger charge is -2.23. The fourth-order valence-electron chi connectivity index (χ4n) is 5.87. The minimum atomic E-state index is -5.16. The Balaban J connectivity index is 1.57. The molecule has 0 heterocycles. The minimum Gasteiger partial charge on any atom is -0.356 e.